The number of aliphatic hydroxyl groups is 1. The van der Waals surface area contributed by atoms with Crippen LogP contribution in [0, 0.1) is 0 Å². The Hall–Kier alpha value is -0.0300. The van der Waals surface area contributed by atoms with Crippen molar-refractivity contribution in [3.63, 3.8) is 0 Å². The molecule has 0 radical (unpaired) electrons. The molecule has 1 unspecified atom stereocenters. The van der Waals surface area contributed by atoms with Crippen LogP contribution in [0.15, 0.2) is 33.6 Å². The van der Waals surface area contributed by atoms with Crippen LogP contribution < -0.4 is 5.73 Å². The van der Waals surface area contributed by atoms with Gasteiger partial charge in [-0.1, -0.05) is 12.1 Å². The van der Waals surface area contributed by atoms with E-state index in [2.05, 4.69) is 22.0 Å². The minimum atomic E-state index is -0.370. The molecular formula is C10H14BrNOS. The molecule has 4 heteroatoms. The van der Waals surface area contributed by atoms with Gasteiger partial charge in [-0.05, 0) is 34.5 Å². The minimum Gasteiger partial charge on any atom is -0.392 e. The summed E-state index contributed by atoms with van der Waals surface area (Å²) in [5.74, 6) is 0.890. The summed E-state index contributed by atoms with van der Waals surface area (Å²) >= 11 is 5.20. The second-order valence-corrected chi connectivity index (χ2v) is 4.95. The predicted molar refractivity (Wildman–Crippen MR) is 64.5 cm³/mol. The van der Waals surface area contributed by atoms with Crippen LogP contribution in [-0.2, 0) is 0 Å². The molecule has 0 bridgehead atoms. The van der Waals surface area contributed by atoms with Crippen molar-refractivity contribution in [2.75, 3.05) is 12.3 Å². The standard InChI is InChI=1S/C10H14BrNOS/c11-9-3-1-2-4-10(9)14-6-5-8(13)7-12/h1-4,8,13H,5-7,12H2. The third-order valence-electron chi connectivity index (χ3n) is 1.82. The summed E-state index contributed by atoms with van der Waals surface area (Å²) in [6.07, 6.45) is 0.368. The third kappa shape index (κ3) is 4.00. The highest BCUT2D eigenvalue weighted by Crippen LogP contribution is 2.27. The molecule has 1 aromatic rings. The lowest BCUT2D eigenvalue weighted by atomic mass is 10.3. The summed E-state index contributed by atoms with van der Waals surface area (Å²) < 4.78 is 1.10. The third-order valence-corrected chi connectivity index (χ3v) is 3.88. The second kappa shape index (κ2) is 6.45. The smallest absolute Gasteiger partial charge is 0.0670 e. The number of thioether (sulfide) groups is 1. The number of hydrogen-bond acceptors (Lipinski definition) is 3. The van der Waals surface area contributed by atoms with Crippen LogP contribution in [-0.4, -0.2) is 23.5 Å². The van der Waals surface area contributed by atoms with Gasteiger partial charge < -0.3 is 10.8 Å². The zero-order valence-corrected chi connectivity index (χ0v) is 10.2. The van der Waals surface area contributed by atoms with Crippen molar-refractivity contribution >= 4 is 27.7 Å². The summed E-state index contributed by atoms with van der Waals surface area (Å²) in [5.41, 5.74) is 5.31. The molecule has 0 amide bonds. The van der Waals surface area contributed by atoms with E-state index in [4.69, 9.17) is 5.73 Å². The Bertz CT molecular complexity index is 283. The molecular weight excluding hydrogens is 262 g/mol. The summed E-state index contributed by atoms with van der Waals surface area (Å²) in [5, 5.41) is 9.26. The summed E-state index contributed by atoms with van der Waals surface area (Å²) in [7, 11) is 0. The molecule has 3 N–H and O–H groups in total. The highest BCUT2D eigenvalue weighted by atomic mass is 79.9. The largest absolute Gasteiger partial charge is 0.392 e. The maximum Gasteiger partial charge on any atom is 0.0670 e. The molecule has 78 valence electrons. The van der Waals surface area contributed by atoms with Gasteiger partial charge in [0.1, 0.15) is 0 Å². The highest BCUT2D eigenvalue weighted by molar-refractivity contribution is 9.10. The number of aliphatic hydroxyl groups excluding tert-OH is 1. The lowest BCUT2D eigenvalue weighted by Gasteiger charge is -2.07. The Labute approximate surface area is 97.0 Å². The van der Waals surface area contributed by atoms with Gasteiger partial charge in [-0.3, -0.25) is 0 Å². The molecule has 0 heterocycles. The van der Waals surface area contributed by atoms with Crippen molar-refractivity contribution < 1.29 is 5.11 Å². The van der Waals surface area contributed by atoms with Gasteiger partial charge in [0.25, 0.3) is 0 Å². The lowest BCUT2D eigenvalue weighted by molar-refractivity contribution is 0.180. The quantitative estimate of drug-likeness (QED) is 0.811. The van der Waals surface area contributed by atoms with E-state index in [1.54, 1.807) is 11.8 Å². The van der Waals surface area contributed by atoms with Gasteiger partial charge in [-0.15, -0.1) is 11.8 Å². The maximum absolute atomic E-state index is 9.26. The highest BCUT2D eigenvalue weighted by Gasteiger charge is 2.03. The number of halogens is 1. The minimum absolute atomic E-state index is 0.344. The Kier molecular flexibility index (Phi) is 5.55. The van der Waals surface area contributed by atoms with Crippen molar-refractivity contribution in [3.05, 3.63) is 28.7 Å². The molecule has 0 aromatic heterocycles. The van der Waals surface area contributed by atoms with Crippen LogP contribution in [0.3, 0.4) is 0 Å². The van der Waals surface area contributed by atoms with Crippen LogP contribution in [0.5, 0.6) is 0 Å². The monoisotopic (exact) mass is 275 g/mol. The normalized spacial score (nSPS) is 12.8. The zero-order chi connectivity index (χ0) is 10.4. The van der Waals surface area contributed by atoms with Crippen LogP contribution in [0.4, 0.5) is 0 Å². The molecule has 0 aliphatic rings. The molecule has 1 atom stereocenters. The molecule has 0 aliphatic carbocycles. The first-order valence-electron chi connectivity index (χ1n) is 4.49. The average Bonchev–Trinajstić information content (AvgIpc) is 2.20. The fraction of sp³-hybridized carbons (Fsp3) is 0.400. The molecule has 0 saturated carbocycles. The average molecular weight is 276 g/mol. The number of nitrogens with two attached hydrogens (primary N) is 1. The summed E-state index contributed by atoms with van der Waals surface area (Å²) in [6.45, 7) is 0.344. The van der Waals surface area contributed by atoms with E-state index in [0.717, 1.165) is 16.6 Å². The maximum atomic E-state index is 9.26. The van der Waals surface area contributed by atoms with E-state index in [0.29, 0.717) is 6.54 Å². The second-order valence-electron chi connectivity index (χ2n) is 2.96. The Morgan fingerprint density at radius 1 is 1.43 bits per heavy atom. The van der Waals surface area contributed by atoms with Crippen molar-refractivity contribution in [2.45, 2.75) is 17.4 Å². The predicted octanol–water partition coefficient (Wildman–Crippen LogP) is 2.25. The van der Waals surface area contributed by atoms with E-state index in [1.807, 2.05) is 18.2 Å². The zero-order valence-electron chi connectivity index (χ0n) is 7.82. The molecule has 14 heavy (non-hydrogen) atoms. The van der Waals surface area contributed by atoms with E-state index in [9.17, 15) is 5.11 Å². The summed E-state index contributed by atoms with van der Waals surface area (Å²) in [4.78, 5) is 1.21. The van der Waals surface area contributed by atoms with Crippen molar-refractivity contribution in [3.8, 4) is 0 Å². The van der Waals surface area contributed by atoms with Crippen LogP contribution in [0.25, 0.3) is 0 Å². The van der Waals surface area contributed by atoms with E-state index >= 15 is 0 Å². The first-order valence-corrected chi connectivity index (χ1v) is 6.27. The van der Waals surface area contributed by atoms with Crippen molar-refractivity contribution in [2.24, 2.45) is 5.73 Å². The van der Waals surface area contributed by atoms with E-state index in [1.165, 1.54) is 4.90 Å². The fourth-order valence-corrected chi connectivity index (χ4v) is 2.60. The summed E-state index contributed by atoms with van der Waals surface area (Å²) in [6, 6.07) is 8.07. The Morgan fingerprint density at radius 2 is 2.14 bits per heavy atom. The fourth-order valence-electron chi connectivity index (χ4n) is 0.985. The molecule has 0 aliphatic heterocycles. The van der Waals surface area contributed by atoms with E-state index < -0.39 is 0 Å². The molecule has 1 rings (SSSR count). The SMILES string of the molecule is NCC(O)CCSc1ccccc1Br. The van der Waals surface area contributed by atoms with Crippen LogP contribution in [0.1, 0.15) is 6.42 Å². The van der Waals surface area contributed by atoms with Gasteiger partial charge in [0, 0.05) is 21.7 Å². The Morgan fingerprint density at radius 3 is 2.79 bits per heavy atom. The molecule has 0 saturated heterocycles. The number of rotatable bonds is 5. The molecule has 1 aromatic carbocycles. The molecule has 2 nitrogen and oxygen atoms in total. The molecule has 0 spiro atoms. The van der Waals surface area contributed by atoms with Gasteiger partial charge in [-0.25, -0.2) is 0 Å². The first kappa shape index (κ1) is 12.0. The lowest BCUT2D eigenvalue weighted by Crippen LogP contribution is -2.19. The van der Waals surface area contributed by atoms with E-state index in [-0.39, 0.29) is 6.10 Å². The first-order chi connectivity index (χ1) is 6.74. The van der Waals surface area contributed by atoms with Gasteiger partial charge in [-0.2, -0.15) is 0 Å². The topological polar surface area (TPSA) is 46.2 Å². The van der Waals surface area contributed by atoms with Gasteiger partial charge in [0.15, 0.2) is 0 Å². The van der Waals surface area contributed by atoms with Crippen molar-refractivity contribution in [1.29, 1.82) is 0 Å². The van der Waals surface area contributed by atoms with Gasteiger partial charge in [0.2, 0.25) is 0 Å². The number of hydrogen-bond donors (Lipinski definition) is 2. The van der Waals surface area contributed by atoms with Gasteiger partial charge >= 0.3 is 0 Å². The Balaban J connectivity index is 2.35. The van der Waals surface area contributed by atoms with Crippen LogP contribution >= 0.6 is 27.7 Å². The van der Waals surface area contributed by atoms with Gasteiger partial charge in [0.05, 0.1) is 6.10 Å². The van der Waals surface area contributed by atoms with Crippen molar-refractivity contribution in [1.82, 2.24) is 0 Å². The van der Waals surface area contributed by atoms with Crippen LogP contribution in [0.2, 0.25) is 0 Å². The molecule has 0 fully saturated rings. The number of benzene rings is 1.